The lowest BCUT2D eigenvalue weighted by molar-refractivity contribution is -0.151. The molecule has 0 amide bonds. The van der Waals surface area contributed by atoms with Crippen molar-refractivity contribution in [2.24, 2.45) is 0 Å². The molecule has 0 aromatic heterocycles. The van der Waals surface area contributed by atoms with Crippen LogP contribution in [0.2, 0.25) is 5.02 Å². The van der Waals surface area contributed by atoms with Gasteiger partial charge in [0.15, 0.2) is 0 Å². The van der Waals surface area contributed by atoms with Crippen LogP contribution in [-0.2, 0) is 20.7 Å². The SMILES string of the molecule is COC(=O)C(=O)CCc1ccc2ccccc2c1Cl. The van der Waals surface area contributed by atoms with Gasteiger partial charge in [0.05, 0.1) is 12.1 Å². The number of hydrogen-bond donors (Lipinski definition) is 0. The fraction of sp³-hybridized carbons (Fsp3) is 0.200. The third-order valence-corrected chi connectivity index (χ3v) is 3.42. The summed E-state index contributed by atoms with van der Waals surface area (Å²) in [5.41, 5.74) is 0.859. The molecule has 98 valence electrons. The van der Waals surface area contributed by atoms with Gasteiger partial charge in [0.2, 0.25) is 5.78 Å². The molecular weight excluding hydrogens is 264 g/mol. The van der Waals surface area contributed by atoms with Crippen LogP contribution in [0.1, 0.15) is 12.0 Å². The van der Waals surface area contributed by atoms with Crippen LogP contribution in [0.5, 0.6) is 0 Å². The Kier molecular flexibility index (Phi) is 4.17. The van der Waals surface area contributed by atoms with Crippen LogP contribution in [0.25, 0.3) is 10.8 Å². The van der Waals surface area contributed by atoms with Crippen LogP contribution in [0.15, 0.2) is 36.4 Å². The van der Waals surface area contributed by atoms with E-state index in [0.717, 1.165) is 16.3 Å². The van der Waals surface area contributed by atoms with E-state index in [0.29, 0.717) is 11.4 Å². The fourth-order valence-electron chi connectivity index (χ4n) is 1.94. The second kappa shape index (κ2) is 5.85. The molecule has 2 rings (SSSR count). The zero-order valence-electron chi connectivity index (χ0n) is 10.5. The van der Waals surface area contributed by atoms with E-state index in [9.17, 15) is 9.59 Å². The number of Topliss-reactive ketones (excluding diaryl/α,β-unsaturated/α-hetero) is 1. The number of halogens is 1. The van der Waals surface area contributed by atoms with Gasteiger partial charge in [0.25, 0.3) is 0 Å². The maximum atomic E-state index is 11.4. The Balaban J connectivity index is 2.20. The average molecular weight is 277 g/mol. The van der Waals surface area contributed by atoms with Crippen molar-refractivity contribution >= 4 is 34.1 Å². The van der Waals surface area contributed by atoms with Crippen molar-refractivity contribution in [3.05, 3.63) is 47.0 Å². The Morgan fingerprint density at radius 3 is 2.63 bits per heavy atom. The van der Waals surface area contributed by atoms with Crippen LogP contribution in [-0.4, -0.2) is 18.9 Å². The molecule has 0 fully saturated rings. The molecule has 19 heavy (non-hydrogen) atoms. The molecular formula is C15H13ClO3. The summed E-state index contributed by atoms with van der Waals surface area (Å²) >= 11 is 6.31. The number of carbonyl (C=O) groups excluding carboxylic acids is 2. The highest BCUT2D eigenvalue weighted by Crippen LogP contribution is 2.28. The van der Waals surface area contributed by atoms with Crippen LogP contribution in [0.3, 0.4) is 0 Å². The molecule has 4 heteroatoms. The molecule has 0 aliphatic rings. The fourth-order valence-corrected chi connectivity index (χ4v) is 2.27. The number of ether oxygens (including phenoxy) is 1. The number of benzene rings is 2. The number of esters is 1. The minimum atomic E-state index is -0.808. The van der Waals surface area contributed by atoms with Gasteiger partial charge in [0.1, 0.15) is 0 Å². The van der Waals surface area contributed by atoms with Crippen LogP contribution >= 0.6 is 11.6 Å². The molecule has 0 aliphatic carbocycles. The third-order valence-electron chi connectivity index (χ3n) is 2.98. The molecule has 3 nitrogen and oxygen atoms in total. The summed E-state index contributed by atoms with van der Waals surface area (Å²) in [6, 6.07) is 11.6. The zero-order valence-corrected chi connectivity index (χ0v) is 11.2. The van der Waals surface area contributed by atoms with Gasteiger partial charge in [-0.2, -0.15) is 0 Å². The summed E-state index contributed by atoms with van der Waals surface area (Å²) in [6.07, 6.45) is 0.530. The van der Waals surface area contributed by atoms with E-state index < -0.39 is 11.8 Å². The van der Waals surface area contributed by atoms with Gasteiger partial charge in [-0.05, 0) is 17.4 Å². The van der Waals surface area contributed by atoms with Crippen molar-refractivity contribution in [1.29, 1.82) is 0 Å². The summed E-state index contributed by atoms with van der Waals surface area (Å²) in [5, 5.41) is 2.64. The Morgan fingerprint density at radius 2 is 1.89 bits per heavy atom. The summed E-state index contributed by atoms with van der Waals surface area (Å²) in [5.74, 6) is -1.34. The summed E-state index contributed by atoms with van der Waals surface area (Å²) < 4.78 is 4.38. The average Bonchev–Trinajstić information content (AvgIpc) is 2.45. The van der Waals surface area contributed by atoms with E-state index >= 15 is 0 Å². The van der Waals surface area contributed by atoms with Gasteiger partial charge in [-0.15, -0.1) is 0 Å². The first-order valence-electron chi connectivity index (χ1n) is 5.90. The predicted octanol–water partition coefficient (Wildman–Crippen LogP) is 3.17. The van der Waals surface area contributed by atoms with Gasteiger partial charge < -0.3 is 4.74 Å². The lowest BCUT2D eigenvalue weighted by Crippen LogP contribution is -2.15. The Hall–Kier alpha value is -1.87. The van der Waals surface area contributed by atoms with E-state index in [2.05, 4.69) is 4.74 Å². The number of aryl methyl sites for hydroxylation is 1. The van der Waals surface area contributed by atoms with E-state index in [1.54, 1.807) is 0 Å². The molecule has 0 spiro atoms. The highest BCUT2D eigenvalue weighted by Gasteiger charge is 2.14. The molecule has 0 saturated heterocycles. The van der Waals surface area contributed by atoms with Crippen molar-refractivity contribution < 1.29 is 14.3 Å². The van der Waals surface area contributed by atoms with E-state index in [1.807, 2.05) is 36.4 Å². The molecule has 2 aromatic rings. The summed E-state index contributed by atoms with van der Waals surface area (Å²) in [4.78, 5) is 22.4. The lowest BCUT2D eigenvalue weighted by atomic mass is 10.0. The maximum absolute atomic E-state index is 11.4. The summed E-state index contributed by atoms with van der Waals surface area (Å²) in [6.45, 7) is 0. The normalized spacial score (nSPS) is 10.4. The molecule has 0 atom stereocenters. The third kappa shape index (κ3) is 2.93. The maximum Gasteiger partial charge on any atom is 0.374 e. The highest BCUT2D eigenvalue weighted by molar-refractivity contribution is 6.36. The number of rotatable bonds is 4. The van der Waals surface area contributed by atoms with Crippen LogP contribution in [0, 0.1) is 0 Å². The Morgan fingerprint density at radius 1 is 1.16 bits per heavy atom. The van der Waals surface area contributed by atoms with Gasteiger partial charge in [-0.3, -0.25) is 4.79 Å². The first-order chi connectivity index (χ1) is 9.13. The minimum Gasteiger partial charge on any atom is -0.463 e. The largest absolute Gasteiger partial charge is 0.463 e. The molecule has 0 aliphatic heterocycles. The van der Waals surface area contributed by atoms with Gasteiger partial charge >= 0.3 is 5.97 Å². The summed E-state index contributed by atoms with van der Waals surface area (Å²) in [7, 11) is 1.20. The zero-order chi connectivity index (χ0) is 13.8. The first-order valence-corrected chi connectivity index (χ1v) is 6.28. The van der Waals surface area contributed by atoms with Crippen molar-refractivity contribution in [2.45, 2.75) is 12.8 Å². The predicted molar refractivity (Wildman–Crippen MR) is 74.3 cm³/mol. The topological polar surface area (TPSA) is 43.4 Å². The van der Waals surface area contributed by atoms with Gasteiger partial charge in [0, 0.05) is 11.8 Å². The van der Waals surface area contributed by atoms with Crippen LogP contribution in [0.4, 0.5) is 0 Å². The smallest absolute Gasteiger partial charge is 0.374 e. The minimum absolute atomic E-state index is 0.102. The van der Waals surface area contributed by atoms with Gasteiger partial charge in [-0.1, -0.05) is 48.0 Å². The number of carbonyl (C=O) groups is 2. The number of hydrogen-bond acceptors (Lipinski definition) is 3. The Bertz CT molecular complexity index is 634. The van der Waals surface area contributed by atoms with E-state index in [1.165, 1.54) is 7.11 Å². The molecule has 0 saturated carbocycles. The van der Waals surface area contributed by atoms with E-state index in [-0.39, 0.29) is 6.42 Å². The van der Waals surface area contributed by atoms with E-state index in [4.69, 9.17) is 11.6 Å². The second-order valence-electron chi connectivity index (χ2n) is 4.17. The van der Waals surface area contributed by atoms with Crippen molar-refractivity contribution in [3.8, 4) is 0 Å². The molecule has 0 N–H and O–H groups in total. The molecule has 0 heterocycles. The highest BCUT2D eigenvalue weighted by atomic mass is 35.5. The molecule has 0 radical (unpaired) electrons. The quantitative estimate of drug-likeness (QED) is 0.636. The number of fused-ring (bicyclic) bond motifs is 1. The molecule has 2 aromatic carbocycles. The molecule has 0 unspecified atom stereocenters. The standard InChI is InChI=1S/C15H13ClO3/c1-19-15(18)13(17)9-8-11-7-6-10-4-2-3-5-12(10)14(11)16/h2-7H,8-9H2,1H3. The monoisotopic (exact) mass is 276 g/mol. The first kappa shape index (κ1) is 13.6. The number of methoxy groups -OCH3 is 1. The Labute approximate surface area is 116 Å². The lowest BCUT2D eigenvalue weighted by Gasteiger charge is -2.07. The second-order valence-corrected chi connectivity index (χ2v) is 4.55. The van der Waals surface area contributed by atoms with Crippen LogP contribution < -0.4 is 0 Å². The number of ketones is 1. The van der Waals surface area contributed by atoms with Crippen molar-refractivity contribution in [3.63, 3.8) is 0 Å². The van der Waals surface area contributed by atoms with Crippen molar-refractivity contribution in [1.82, 2.24) is 0 Å². The molecule has 0 bridgehead atoms. The van der Waals surface area contributed by atoms with Gasteiger partial charge in [-0.25, -0.2) is 4.79 Å². The van der Waals surface area contributed by atoms with Crippen molar-refractivity contribution in [2.75, 3.05) is 7.11 Å².